The Morgan fingerprint density at radius 2 is 1.73 bits per heavy atom. The van der Waals surface area contributed by atoms with Crippen LogP contribution in [0.1, 0.15) is 78.7 Å². The van der Waals surface area contributed by atoms with E-state index in [1.807, 2.05) is 18.4 Å². The molecule has 1 aromatic carbocycles. The Hall–Kier alpha value is -2.85. The molecule has 2 aliphatic rings. The molecule has 2 saturated carbocycles. The fourth-order valence-corrected chi connectivity index (χ4v) is 5.59. The third kappa shape index (κ3) is 6.01. The molecule has 5 rings (SSSR count). The van der Waals surface area contributed by atoms with Crippen LogP contribution in [0, 0.1) is 17.6 Å². The van der Waals surface area contributed by atoms with Gasteiger partial charge in [0.2, 0.25) is 11.9 Å². The summed E-state index contributed by atoms with van der Waals surface area (Å²) in [5.41, 5.74) is 6.72. The lowest BCUT2D eigenvalue weighted by atomic mass is 9.77. The topological polar surface area (TPSA) is 114 Å². The summed E-state index contributed by atoms with van der Waals surface area (Å²) >= 11 is 0. The zero-order valence-corrected chi connectivity index (χ0v) is 20.8. The van der Waals surface area contributed by atoms with Crippen molar-refractivity contribution in [2.24, 2.45) is 11.7 Å². The molecule has 5 N–H and O–H groups in total. The molecule has 2 fully saturated rings. The maximum Gasteiger partial charge on any atom is 0.224 e. The van der Waals surface area contributed by atoms with Gasteiger partial charge in [-0.15, -0.1) is 0 Å². The van der Waals surface area contributed by atoms with Gasteiger partial charge in [0.25, 0.3) is 0 Å². The van der Waals surface area contributed by atoms with Gasteiger partial charge >= 0.3 is 0 Å². The highest BCUT2D eigenvalue weighted by Gasteiger charge is 2.33. The van der Waals surface area contributed by atoms with Crippen LogP contribution in [0.3, 0.4) is 0 Å². The maximum atomic E-state index is 14.5. The Morgan fingerprint density at radius 3 is 2.38 bits per heavy atom. The van der Waals surface area contributed by atoms with E-state index in [-0.39, 0.29) is 37.2 Å². The maximum absolute atomic E-state index is 14.5. The SMILES string of the molecule is C.CC(C)(O)C1CCC(n2c(Nc3ccc(F)cc3F)nc3cnc(NC4CCC(N)CC4)nc32)CC1. The number of anilines is 3. The van der Waals surface area contributed by atoms with E-state index in [1.54, 1.807) is 6.20 Å². The van der Waals surface area contributed by atoms with Crippen LogP contribution in [0.4, 0.5) is 26.4 Å². The minimum Gasteiger partial charge on any atom is -0.390 e. The molecule has 3 aromatic rings. The van der Waals surface area contributed by atoms with Crippen molar-refractivity contribution in [2.45, 2.75) is 96.4 Å². The molecule has 37 heavy (non-hydrogen) atoms. The lowest BCUT2D eigenvalue weighted by molar-refractivity contribution is -0.00457. The molecule has 2 heterocycles. The number of fused-ring (bicyclic) bond motifs is 1. The molecule has 2 aliphatic carbocycles. The summed E-state index contributed by atoms with van der Waals surface area (Å²) in [4.78, 5) is 14.0. The molecule has 0 aliphatic heterocycles. The number of halogens is 2. The van der Waals surface area contributed by atoms with E-state index in [2.05, 4.69) is 20.6 Å². The summed E-state index contributed by atoms with van der Waals surface area (Å²) in [5.74, 6) is -0.143. The van der Waals surface area contributed by atoms with Gasteiger partial charge in [-0.2, -0.15) is 4.98 Å². The summed E-state index contributed by atoms with van der Waals surface area (Å²) in [5, 5.41) is 17.0. The predicted molar refractivity (Wildman–Crippen MR) is 143 cm³/mol. The van der Waals surface area contributed by atoms with E-state index in [0.29, 0.717) is 23.1 Å². The first-order valence-electron chi connectivity index (χ1n) is 12.9. The number of hydrogen-bond donors (Lipinski definition) is 4. The van der Waals surface area contributed by atoms with E-state index < -0.39 is 17.2 Å². The molecule has 10 heteroatoms. The highest BCUT2D eigenvalue weighted by molar-refractivity contribution is 5.76. The van der Waals surface area contributed by atoms with Crippen LogP contribution in [0.25, 0.3) is 11.2 Å². The van der Waals surface area contributed by atoms with Gasteiger partial charge in [0.1, 0.15) is 17.2 Å². The predicted octanol–water partition coefficient (Wildman–Crippen LogP) is 5.67. The van der Waals surface area contributed by atoms with Crippen molar-refractivity contribution >= 4 is 28.7 Å². The number of aromatic nitrogens is 4. The average molecular weight is 516 g/mol. The van der Waals surface area contributed by atoms with E-state index >= 15 is 0 Å². The highest BCUT2D eigenvalue weighted by atomic mass is 19.1. The Labute approximate surface area is 217 Å². The summed E-state index contributed by atoms with van der Waals surface area (Å²) in [6, 6.07) is 4.02. The quantitative estimate of drug-likeness (QED) is 0.335. The van der Waals surface area contributed by atoms with Gasteiger partial charge in [0.15, 0.2) is 5.65 Å². The van der Waals surface area contributed by atoms with Crippen molar-refractivity contribution in [1.82, 2.24) is 19.5 Å². The standard InChI is InChI=1S/C26H35F2N7O.CH4/c1-26(2,36)15-3-10-19(11-4-15)35-23-22(33-25(35)32-21-12-5-16(27)13-20(21)28)14-30-24(34-23)31-18-8-6-17(29)7-9-18;/h5,12-15,17-19,36H,3-4,6-11,29H2,1-2H3,(H,32,33)(H,30,31,34);1H4. The van der Waals surface area contributed by atoms with Gasteiger partial charge in [-0.05, 0) is 83.3 Å². The normalized spacial score (nSPS) is 24.5. The summed E-state index contributed by atoms with van der Waals surface area (Å²) in [6.07, 6.45) is 8.94. The van der Waals surface area contributed by atoms with Crippen LogP contribution >= 0.6 is 0 Å². The van der Waals surface area contributed by atoms with Gasteiger partial charge in [-0.3, -0.25) is 4.57 Å². The minimum absolute atomic E-state index is 0. The molecule has 0 spiro atoms. The zero-order valence-electron chi connectivity index (χ0n) is 20.8. The fraction of sp³-hybridized carbons (Fsp3) is 0.593. The Balaban J connectivity index is 0.00000320. The second-order valence-electron chi connectivity index (χ2n) is 10.9. The van der Waals surface area contributed by atoms with E-state index in [9.17, 15) is 13.9 Å². The van der Waals surface area contributed by atoms with Crippen molar-refractivity contribution in [1.29, 1.82) is 0 Å². The first-order valence-corrected chi connectivity index (χ1v) is 12.9. The van der Waals surface area contributed by atoms with Crippen molar-refractivity contribution in [3.8, 4) is 0 Å². The number of nitrogens with two attached hydrogens (primary N) is 1. The van der Waals surface area contributed by atoms with E-state index in [4.69, 9.17) is 10.7 Å². The van der Waals surface area contributed by atoms with E-state index in [0.717, 1.165) is 57.4 Å². The Bertz CT molecular complexity index is 1210. The largest absolute Gasteiger partial charge is 0.390 e. The van der Waals surface area contributed by atoms with Crippen LogP contribution in [0.5, 0.6) is 0 Å². The number of rotatable bonds is 6. The Kier molecular flexibility index (Phi) is 7.99. The molecular formula is C27H39F2N7O. The summed E-state index contributed by atoms with van der Waals surface area (Å²) < 4.78 is 30.0. The molecule has 2 aromatic heterocycles. The van der Waals surface area contributed by atoms with E-state index in [1.165, 1.54) is 12.1 Å². The fourth-order valence-electron chi connectivity index (χ4n) is 5.59. The van der Waals surface area contributed by atoms with Crippen molar-refractivity contribution in [3.63, 3.8) is 0 Å². The lowest BCUT2D eigenvalue weighted by Crippen LogP contribution is -2.34. The summed E-state index contributed by atoms with van der Waals surface area (Å²) in [7, 11) is 0. The van der Waals surface area contributed by atoms with Crippen LogP contribution < -0.4 is 16.4 Å². The van der Waals surface area contributed by atoms with Gasteiger partial charge in [0, 0.05) is 24.2 Å². The second-order valence-corrected chi connectivity index (χ2v) is 10.9. The molecule has 202 valence electrons. The first-order chi connectivity index (χ1) is 17.2. The number of aliphatic hydroxyl groups is 1. The highest BCUT2D eigenvalue weighted by Crippen LogP contribution is 2.40. The van der Waals surface area contributed by atoms with Crippen LogP contribution in [-0.4, -0.2) is 42.3 Å². The van der Waals surface area contributed by atoms with Crippen molar-refractivity contribution < 1.29 is 13.9 Å². The molecule has 0 atom stereocenters. The first kappa shape index (κ1) is 27.2. The molecule has 8 nitrogen and oxygen atoms in total. The molecule has 0 amide bonds. The van der Waals surface area contributed by atoms with Crippen molar-refractivity contribution in [3.05, 3.63) is 36.0 Å². The number of nitrogens with one attached hydrogen (secondary N) is 2. The monoisotopic (exact) mass is 515 g/mol. The van der Waals surface area contributed by atoms with Gasteiger partial charge in [-0.25, -0.2) is 18.7 Å². The zero-order chi connectivity index (χ0) is 25.4. The van der Waals surface area contributed by atoms with Gasteiger partial charge in [0.05, 0.1) is 17.5 Å². The molecule has 0 saturated heterocycles. The summed E-state index contributed by atoms with van der Waals surface area (Å²) in [6.45, 7) is 3.72. The number of benzene rings is 1. The van der Waals surface area contributed by atoms with Crippen molar-refractivity contribution in [2.75, 3.05) is 10.6 Å². The number of hydrogen-bond acceptors (Lipinski definition) is 7. The Morgan fingerprint density at radius 1 is 1.03 bits per heavy atom. The van der Waals surface area contributed by atoms with Crippen LogP contribution in [0.2, 0.25) is 0 Å². The average Bonchev–Trinajstić information content (AvgIpc) is 3.19. The minimum atomic E-state index is -0.734. The third-order valence-electron chi connectivity index (χ3n) is 7.78. The molecular weight excluding hydrogens is 476 g/mol. The van der Waals surface area contributed by atoms with Gasteiger partial charge < -0.3 is 21.5 Å². The number of imidazole rings is 1. The molecule has 0 unspecified atom stereocenters. The molecule has 0 bridgehead atoms. The molecule has 0 radical (unpaired) electrons. The van der Waals surface area contributed by atoms with Crippen LogP contribution in [-0.2, 0) is 0 Å². The third-order valence-corrected chi connectivity index (χ3v) is 7.78. The van der Waals surface area contributed by atoms with Gasteiger partial charge in [-0.1, -0.05) is 7.43 Å². The second kappa shape index (κ2) is 10.9. The smallest absolute Gasteiger partial charge is 0.224 e. The van der Waals surface area contributed by atoms with Crippen LogP contribution in [0.15, 0.2) is 24.4 Å². The lowest BCUT2D eigenvalue weighted by Gasteiger charge is -2.36. The number of nitrogens with zero attached hydrogens (tertiary/aromatic N) is 4.